The van der Waals surface area contributed by atoms with Crippen LogP contribution < -0.4 is 10.1 Å². The number of piperazine rings is 1. The van der Waals surface area contributed by atoms with E-state index in [-0.39, 0.29) is 17.6 Å². The second-order valence-corrected chi connectivity index (χ2v) is 9.85. The average molecular weight is 486 g/mol. The third kappa shape index (κ3) is 6.80. The Balaban J connectivity index is 1.16. The molecule has 1 atom stereocenters. The lowest BCUT2D eigenvalue weighted by molar-refractivity contribution is -0.135. The molecule has 2 amide bonds. The van der Waals surface area contributed by atoms with Crippen LogP contribution in [0.2, 0.25) is 0 Å². The molecule has 1 aliphatic carbocycles. The van der Waals surface area contributed by atoms with E-state index in [0.29, 0.717) is 26.1 Å². The van der Waals surface area contributed by atoms with Crippen molar-refractivity contribution >= 4 is 29.1 Å². The fourth-order valence-corrected chi connectivity index (χ4v) is 4.92. The van der Waals surface area contributed by atoms with Gasteiger partial charge in [0.2, 0.25) is 5.91 Å². The minimum absolute atomic E-state index is 0.164. The van der Waals surface area contributed by atoms with E-state index in [4.69, 9.17) is 9.84 Å². The molecule has 1 aliphatic heterocycles. The highest BCUT2D eigenvalue weighted by atomic mass is 32.1. The fourth-order valence-electron chi connectivity index (χ4n) is 4.17. The number of Topliss-reactive ketones (excluding diaryl/α,β-unsaturated/α-hetero) is 1. The zero-order valence-corrected chi connectivity index (χ0v) is 20.0. The van der Waals surface area contributed by atoms with Crippen molar-refractivity contribution in [1.82, 2.24) is 15.1 Å². The van der Waals surface area contributed by atoms with E-state index in [9.17, 15) is 14.4 Å². The minimum atomic E-state index is -1.18. The number of carbonyl (C=O) groups is 3. The number of thiophene rings is 1. The molecule has 8 nitrogen and oxygen atoms in total. The lowest BCUT2D eigenvalue weighted by Gasteiger charge is -2.36. The predicted molar refractivity (Wildman–Crippen MR) is 130 cm³/mol. The van der Waals surface area contributed by atoms with E-state index >= 15 is 0 Å². The van der Waals surface area contributed by atoms with Crippen molar-refractivity contribution in [1.29, 1.82) is 0 Å². The molecule has 4 rings (SSSR count). The van der Waals surface area contributed by atoms with Crippen molar-refractivity contribution in [3.63, 3.8) is 0 Å². The molecule has 0 unspecified atom stereocenters. The highest BCUT2D eigenvalue weighted by Crippen LogP contribution is 2.32. The number of hydrogen-bond donors (Lipinski definition) is 2. The van der Waals surface area contributed by atoms with E-state index in [2.05, 4.69) is 10.2 Å². The standard InChI is InChI=1S/C25H31N3O5S/c29-23(18-4-5-18)19-6-8-20(9-7-19)33-15-2-10-27-11-13-28(14-12-27)24(30)22(26-25(31)32)17-21-3-1-16-34-21/h1,3,6-9,16,18,22,26H,2,4-5,10-15,17H2,(H,31,32)/t22-/m1/s1. The number of carboxylic acid groups (broad SMARTS) is 1. The van der Waals surface area contributed by atoms with Crippen molar-refractivity contribution in [2.75, 3.05) is 39.3 Å². The topological polar surface area (TPSA) is 99.2 Å². The Morgan fingerprint density at radius 2 is 1.82 bits per heavy atom. The third-order valence-electron chi connectivity index (χ3n) is 6.24. The fraction of sp³-hybridized carbons (Fsp3) is 0.480. The summed E-state index contributed by atoms with van der Waals surface area (Å²) in [6.45, 7) is 4.12. The summed E-state index contributed by atoms with van der Waals surface area (Å²) in [7, 11) is 0. The number of nitrogens with zero attached hydrogens (tertiary/aromatic N) is 2. The number of ketones is 1. The van der Waals surface area contributed by atoms with E-state index in [1.165, 1.54) is 11.3 Å². The lowest BCUT2D eigenvalue weighted by atomic mass is 10.1. The van der Waals surface area contributed by atoms with Gasteiger partial charge in [0.05, 0.1) is 6.61 Å². The molecule has 9 heteroatoms. The van der Waals surface area contributed by atoms with Gasteiger partial charge in [0.15, 0.2) is 5.78 Å². The van der Waals surface area contributed by atoms with Crippen molar-refractivity contribution in [2.24, 2.45) is 5.92 Å². The maximum absolute atomic E-state index is 12.9. The van der Waals surface area contributed by atoms with Crippen molar-refractivity contribution in [3.05, 3.63) is 52.2 Å². The molecule has 34 heavy (non-hydrogen) atoms. The summed E-state index contributed by atoms with van der Waals surface area (Å²) in [5.74, 6) is 1.07. The third-order valence-corrected chi connectivity index (χ3v) is 7.14. The maximum Gasteiger partial charge on any atom is 0.405 e. The van der Waals surface area contributed by atoms with Gasteiger partial charge >= 0.3 is 6.09 Å². The Labute approximate surface area is 203 Å². The molecular formula is C25H31N3O5S. The van der Waals surface area contributed by atoms with E-state index in [0.717, 1.165) is 55.1 Å². The van der Waals surface area contributed by atoms with Crippen molar-refractivity contribution in [2.45, 2.75) is 31.7 Å². The molecule has 2 N–H and O–H groups in total. The number of amides is 2. The summed E-state index contributed by atoms with van der Waals surface area (Å²) in [4.78, 5) is 41.2. The molecular weight excluding hydrogens is 454 g/mol. The SMILES string of the molecule is O=C(O)N[C@H](Cc1cccs1)C(=O)N1CCN(CCCOc2ccc(C(=O)C3CC3)cc2)CC1. The number of rotatable bonds is 11. The Morgan fingerprint density at radius 3 is 2.44 bits per heavy atom. The molecule has 1 aromatic carbocycles. The number of ether oxygens (including phenoxy) is 1. The van der Waals surface area contributed by atoms with Crippen LogP contribution in [-0.2, 0) is 11.2 Å². The molecule has 0 bridgehead atoms. The monoisotopic (exact) mass is 485 g/mol. The highest BCUT2D eigenvalue weighted by molar-refractivity contribution is 7.09. The van der Waals surface area contributed by atoms with Gasteiger partial charge in [-0.1, -0.05) is 6.07 Å². The quantitative estimate of drug-likeness (QED) is 0.375. The van der Waals surface area contributed by atoms with E-state index in [1.54, 1.807) is 4.90 Å². The first-order valence-corrected chi connectivity index (χ1v) is 12.7. The summed E-state index contributed by atoms with van der Waals surface area (Å²) in [6.07, 6.45) is 2.06. The van der Waals surface area contributed by atoms with Gasteiger partial charge in [-0.05, 0) is 55.0 Å². The van der Waals surface area contributed by atoms with Gasteiger partial charge in [0.1, 0.15) is 11.8 Å². The zero-order valence-electron chi connectivity index (χ0n) is 19.2. The van der Waals surface area contributed by atoms with Crippen LogP contribution in [0.3, 0.4) is 0 Å². The lowest BCUT2D eigenvalue weighted by Crippen LogP contribution is -2.55. The smallest absolute Gasteiger partial charge is 0.405 e. The van der Waals surface area contributed by atoms with Gasteiger partial charge in [-0.3, -0.25) is 14.5 Å². The van der Waals surface area contributed by atoms with Crippen LogP contribution in [0.5, 0.6) is 5.75 Å². The Bertz CT molecular complexity index is 967. The number of hydrogen-bond acceptors (Lipinski definition) is 6. The molecule has 2 aromatic rings. The van der Waals surface area contributed by atoms with Gasteiger partial charge in [0, 0.05) is 55.5 Å². The van der Waals surface area contributed by atoms with Gasteiger partial charge < -0.3 is 20.1 Å². The molecule has 0 radical (unpaired) electrons. The van der Waals surface area contributed by atoms with Gasteiger partial charge in [0.25, 0.3) is 0 Å². The van der Waals surface area contributed by atoms with Gasteiger partial charge in [-0.25, -0.2) is 4.79 Å². The van der Waals surface area contributed by atoms with Crippen LogP contribution in [0.25, 0.3) is 0 Å². The van der Waals surface area contributed by atoms with Crippen LogP contribution in [0.1, 0.15) is 34.5 Å². The normalized spacial score (nSPS) is 17.2. The largest absolute Gasteiger partial charge is 0.494 e. The summed E-state index contributed by atoms with van der Waals surface area (Å²) < 4.78 is 5.82. The Kier molecular flexibility index (Phi) is 8.18. The number of carbonyl (C=O) groups excluding carboxylic acids is 2. The summed E-state index contributed by atoms with van der Waals surface area (Å²) in [6, 6.07) is 10.5. The van der Waals surface area contributed by atoms with Crippen LogP contribution in [-0.4, -0.2) is 78.1 Å². The molecule has 182 valence electrons. The van der Waals surface area contributed by atoms with Crippen LogP contribution in [0.4, 0.5) is 4.79 Å². The minimum Gasteiger partial charge on any atom is -0.494 e. The molecule has 2 heterocycles. The second kappa shape index (κ2) is 11.5. The average Bonchev–Trinajstić information content (AvgIpc) is 3.57. The van der Waals surface area contributed by atoms with E-state index in [1.807, 2.05) is 41.8 Å². The predicted octanol–water partition coefficient (Wildman–Crippen LogP) is 3.13. The molecule has 1 aromatic heterocycles. The summed E-state index contributed by atoms with van der Waals surface area (Å²) in [5, 5.41) is 13.5. The molecule has 2 aliphatic rings. The molecule has 1 saturated carbocycles. The Morgan fingerprint density at radius 1 is 1.09 bits per heavy atom. The first kappa shape index (κ1) is 24.2. The van der Waals surface area contributed by atoms with Crippen LogP contribution >= 0.6 is 11.3 Å². The van der Waals surface area contributed by atoms with Crippen LogP contribution in [0, 0.1) is 5.92 Å². The maximum atomic E-state index is 12.9. The molecule has 2 fully saturated rings. The Hall–Kier alpha value is -2.91. The van der Waals surface area contributed by atoms with Crippen molar-refractivity contribution in [3.8, 4) is 5.75 Å². The summed E-state index contributed by atoms with van der Waals surface area (Å²) >= 11 is 1.52. The number of benzene rings is 1. The molecule has 1 saturated heterocycles. The first-order chi connectivity index (χ1) is 16.5. The first-order valence-electron chi connectivity index (χ1n) is 11.8. The van der Waals surface area contributed by atoms with Gasteiger partial charge in [-0.2, -0.15) is 0 Å². The summed E-state index contributed by atoms with van der Waals surface area (Å²) in [5.41, 5.74) is 0.762. The van der Waals surface area contributed by atoms with Crippen LogP contribution in [0.15, 0.2) is 41.8 Å². The van der Waals surface area contributed by atoms with Crippen molar-refractivity contribution < 1.29 is 24.2 Å². The second-order valence-electron chi connectivity index (χ2n) is 8.82. The zero-order chi connectivity index (χ0) is 23.9. The van der Waals surface area contributed by atoms with E-state index < -0.39 is 12.1 Å². The number of nitrogens with one attached hydrogen (secondary N) is 1. The highest BCUT2D eigenvalue weighted by Gasteiger charge is 2.30. The van der Waals surface area contributed by atoms with Gasteiger partial charge in [-0.15, -0.1) is 11.3 Å². The molecule has 0 spiro atoms.